The van der Waals surface area contributed by atoms with Crippen molar-refractivity contribution in [3.63, 3.8) is 0 Å². The van der Waals surface area contributed by atoms with E-state index in [9.17, 15) is 13.2 Å². The standard InChI is InChI=1S/C14H26N2O3S.ClH/c1-20(18,19)11-13-3-2-8-16(10-13)14(17)9-12-4-6-15-7-5-12;/h12-13,15H,2-11H2,1H3;1H. The highest BCUT2D eigenvalue weighted by molar-refractivity contribution is 7.90. The lowest BCUT2D eigenvalue weighted by atomic mass is 9.93. The number of nitrogens with one attached hydrogen (secondary N) is 1. The maximum atomic E-state index is 12.3. The topological polar surface area (TPSA) is 66.5 Å². The number of nitrogens with zero attached hydrogens (tertiary/aromatic N) is 1. The number of likely N-dealkylation sites (tertiary alicyclic amines) is 1. The molecule has 1 N–H and O–H groups in total. The van der Waals surface area contributed by atoms with E-state index in [1.165, 1.54) is 6.26 Å². The van der Waals surface area contributed by atoms with Gasteiger partial charge in [0.1, 0.15) is 9.84 Å². The second kappa shape index (κ2) is 8.34. The van der Waals surface area contributed by atoms with Gasteiger partial charge in [0.05, 0.1) is 5.75 Å². The number of amides is 1. The molecule has 0 aromatic heterocycles. The summed E-state index contributed by atoms with van der Waals surface area (Å²) in [6.45, 7) is 3.43. The van der Waals surface area contributed by atoms with Crippen LogP contribution in [0.15, 0.2) is 0 Å². The van der Waals surface area contributed by atoms with E-state index in [-0.39, 0.29) is 30.0 Å². The van der Waals surface area contributed by atoms with Crippen molar-refractivity contribution in [1.82, 2.24) is 10.2 Å². The van der Waals surface area contributed by atoms with Crippen LogP contribution in [0.25, 0.3) is 0 Å². The number of rotatable bonds is 4. The van der Waals surface area contributed by atoms with Gasteiger partial charge in [-0.3, -0.25) is 4.79 Å². The van der Waals surface area contributed by atoms with E-state index in [1.54, 1.807) is 0 Å². The second-order valence-corrected chi connectivity index (χ2v) is 8.52. The largest absolute Gasteiger partial charge is 0.342 e. The molecule has 2 aliphatic heterocycles. The van der Waals surface area contributed by atoms with Crippen molar-refractivity contribution >= 4 is 28.2 Å². The zero-order chi connectivity index (χ0) is 14.6. The van der Waals surface area contributed by atoms with Gasteiger partial charge in [-0.05, 0) is 50.6 Å². The van der Waals surface area contributed by atoms with Gasteiger partial charge in [0.25, 0.3) is 0 Å². The summed E-state index contributed by atoms with van der Waals surface area (Å²) < 4.78 is 22.8. The number of sulfone groups is 1. The van der Waals surface area contributed by atoms with Gasteiger partial charge in [0.2, 0.25) is 5.91 Å². The minimum atomic E-state index is -2.95. The zero-order valence-corrected chi connectivity index (χ0v) is 14.3. The van der Waals surface area contributed by atoms with Crippen molar-refractivity contribution in [2.75, 3.05) is 38.2 Å². The summed E-state index contributed by atoms with van der Waals surface area (Å²) in [6.07, 6.45) is 5.91. The molecule has 5 nitrogen and oxygen atoms in total. The first-order chi connectivity index (χ1) is 9.44. The van der Waals surface area contributed by atoms with Crippen LogP contribution in [0.2, 0.25) is 0 Å². The van der Waals surface area contributed by atoms with Crippen molar-refractivity contribution in [2.45, 2.75) is 32.1 Å². The molecule has 2 heterocycles. The molecule has 0 aromatic carbocycles. The van der Waals surface area contributed by atoms with E-state index in [4.69, 9.17) is 0 Å². The Labute approximate surface area is 134 Å². The molecule has 21 heavy (non-hydrogen) atoms. The van der Waals surface area contributed by atoms with E-state index in [0.29, 0.717) is 18.9 Å². The van der Waals surface area contributed by atoms with Crippen LogP contribution in [0.1, 0.15) is 32.1 Å². The Balaban J connectivity index is 0.00000220. The Hall–Kier alpha value is -0.330. The van der Waals surface area contributed by atoms with Gasteiger partial charge in [0, 0.05) is 25.8 Å². The smallest absolute Gasteiger partial charge is 0.222 e. The summed E-state index contributed by atoms with van der Waals surface area (Å²) in [5.41, 5.74) is 0. The van der Waals surface area contributed by atoms with Gasteiger partial charge >= 0.3 is 0 Å². The summed E-state index contributed by atoms with van der Waals surface area (Å²) in [6, 6.07) is 0. The maximum absolute atomic E-state index is 12.3. The lowest BCUT2D eigenvalue weighted by Crippen LogP contribution is -2.43. The van der Waals surface area contributed by atoms with Crippen LogP contribution in [-0.2, 0) is 14.6 Å². The Bertz CT molecular complexity index is 436. The highest BCUT2D eigenvalue weighted by Crippen LogP contribution is 2.22. The summed E-state index contributed by atoms with van der Waals surface area (Å²) in [5, 5.41) is 3.31. The zero-order valence-electron chi connectivity index (χ0n) is 12.7. The van der Waals surface area contributed by atoms with Crippen LogP contribution in [0.5, 0.6) is 0 Å². The van der Waals surface area contributed by atoms with Gasteiger partial charge < -0.3 is 10.2 Å². The minimum absolute atomic E-state index is 0. The molecule has 2 saturated heterocycles. The monoisotopic (exact) mass is 338 g/mol. The van der Waals surface area contributed by atoms with E-state index < -0.39 is 9.84 Å². The summed E-state index contributed by atoms with van der Waals surface area (Å²) in [4.78, 5) is 14.2. The number of hydrogen-bond donors (Lipinski definition) is 1. The van der Waals surface area contributed by atoms with E-state index >= 15 is 0 Å². The average Bonchev–Trinajstić information content (AvgIpc) is 2.38. The van der Waals surface area contributed by atoms with E-state index in [0.717, 1.165) is 45.3 Å². The quantitative estimate of drug-likeness (QED) is 0.833. The lowest BCUT2D eigenvalue weighted by molar-refractivity contribution is -0.134. The molecule has 7 heteroatoms. The number of halogens is 1. The summed E-state index contributed by atoms with van der Waals surface area (Å²) in [5.74, 6) is 1.05. The second-order valence-electron chi connectivity index (χ2n) is 6.34. The fourth-order valence-electron chi connectivity index (χ4n) is 3.32. The van der Waals surface area contributed by atoms with E-state index in [2.05, 4.69) is 5.32 Å². The van der Waals surface area contributed by atoms with Crippen LogP contribution in [-0.4, -0.2) is 57.4 Å². The van der Waals surface area contributed by atoms with E-state index in [1.807, 2.05) is 4.90 Å². The Morgan fingerprint density at radius 2 is 1.86 bits per heavy atom. The third-order valence-corrected chi connectivity index (χ3v) is 5.41. The molecular weight excluding hydrogens is 312 g/mol. The van der Waals surface area contributed by atoms with Crippen molar-refractivity contribution in [3.05, 3.63) is 0 Å². The van der Waals surface area contributed by atoms with Crippen molar-refractivity contribution in [2.24, 2.45) is 11.8 Å². The number of hydrogen-bond acceptors (Lipinski definition) is 4. The van der Waals surface area contributed by atoms with Crippen LogP contribution >= 0.6 is 12.4 Å². The number of carbonyl (C=O) groups excluding carboxylic acids is 1. The van der Waals surface area contributed by atoms with Crippen LogP contribution in [0.4, 0.5) is 0 Å². The first-order valence-corrected chi connectivity index (χ1v) is 9.66. The molecule has 0 spiro atoms. The van der Waals surface area contributed by atoms with Crippen molar-refractivity contribution in [1.29, 1.82) is 0 Å². The molecule has 0 aliphatic carbocycles. The SMILES string of the molecule is CS(=O)(=O)CC1CCCN(C(=O)CC2CCNCC2)C1.Cl. The molecule has 1 amide bonds. The van der Waals surface area contributed by atoms with Crippen molar-refractivity contribution in [3.8, 4) is 0 Å². The molecule has 124 valence electrons. The van der Waals surface area contributed by atoms with Gasteiger partial charge in [-0.25, -0.2) is 8.42 Å². The van der Waals surface area contributed by atoms with Gasteiger partial charge in [-0.1, -0.05) is 0 Å². The van der Waals surface area contributed by atoms with Gasteiger partial charge in [-0.15, -0.1) is 12.4 Å². The lowest BCUT2D eigenvalue weighted by Gasteiger charge is -2.34. The number of carbonyl (C=O) groups is 1. The summed E-state index contributed by atoms with van der Waals surface area (Å²) in [7, 11) is -2.95. The highest BCUT2D eigenvalue weighted by Gasteiger charge is 2.27. The predicted molar refractivity (Wildman–Crippen MR) is 86.5 cm³/mol. The Morgan fingerprint density at radius 3 is 2.48 bits per heavy atom. The first kappa shape index (κ1) is 18.7. The fraction of sp³-hybridized carbons (Fsp3) is 0.929. The Kier molecular flexibility index (Phi) is 7.44. The van der Waals surface area contributed by atoms with Crippen LogP contribution in [0.3, 0.4) is 0 Å². The first-order valence-electron chi connectivity index (χ1n) is 7.60. The fourth-order valence-corrected chi connectivity index (χ4v) is 4.45. The molecule has 2 rings (SSSR count). The third-order valence-electron chi connectivity index (χ3n) is 4.33. The molecule has 0 saturated carbocycles. The molecule has 0 aromatic rings. The number of piperidine rings is 2. The molecule has 2 fully saturated rings. The summed E-state index contributed by atoms with van der Waals surface area (Å²) >= 11 is 0. The molecule has 1 unspecified atom stereocenters. The van der Waals surface area contributed by atoms with Crippen LogP contribution < -0.4 is 5.32 Å². The molecule has 2 aliphatic rings. The average molecular weight is 339 g/mol. The normalized spacial score (nSPS) is 24.4. The van der Waals surface area contributed by atoms with Gasteiger partial charge in [0.15, 0.2) is 0 Å². The highest BCUT2D eigenvalue weighted by atomic mass is 35.5. The minimum Gasteiger partial charge on any atom is -0.342 e. The molecule has 1 atom stereocenters. The molecular formula is C14H27ClN2O3S. The van der Waals surface area contributed by atoms with Crippen LogP contribution in [0, 0.1) is 11.8 Å². The Morgan fingerprint density at radius 1 is 1.19 bits per heavy atom. The maximum Gasteiger partial charge on any atom is 0.222 e. The molecule has 0 radical (unpaired) electrons. The van der Waals surface area contributed by atoms with Gasteiger partial charge in [-0.2, -0.15) is 0 Å². The molecule has 0 bridgehead atoms. The predicted octanol–water partition coefficient (Wildman–Crippen LogP) is 1.08. The third kappa shape index (κ3) is 6.53. The van der Waals surface area contributed by atoms with Crippen molar-refractivity contribution < 1.29 is 13.2 Å².